The standard InChI is InChI=1S/C81H56N6Si/c1-51-33-39-54(40-34-51)82-73-45-57(85-67-27-13-7-21-61(67)62-22-8-14-28-68(62)85)47-75-79(73)88(60-19-5-4-6-20-60)80-74(82)46-58(86-69-29-15-9-23-63(69)64-24-10-16-30-70(64)86)48-76(80)84(56-43-37-53(3)38-44-56)78-50-59(49-77(81(78)88)83(75)55-41-35-52(2)36-42-55)87-71-31-17-11-25-65(71)66-26-12-18-32-72(66)87/h4-50H,1-3H3. The summed E-state index contributed by atoms with van der Waals surface area (Å²) in [6.07, 6.45) is 0. The molecule has 0 spiro atoms. The molecule has 7 heteroatoms. The highest BCUT2D eigenvalue weighted by Gasteiger charge is 2.60. The molecule has 3 aromatic heterocycles. The lowest BCUT2D eigenvalue weighted by Crippen LogP contribution is -2.81. The zero-order valence-electron chi connectivity index (χ0n) is 48.8. The number of nitrogens with zero attached hydrogens (tertiary/aromatic N) is 6. The summed E-state index contributed by atoms with van der Waals surface area (Å²) >= 11 is 0. The Balaban J connectivity index is 1.07. The second kappa shape index (κ2) is 18.2. The average molecular weight is 1140 g/mol. The summed E-state index contributed by atoms with van der Waals surface area (Å²) in [4.78, 5) is 7.97. The van der Waals surface area contributed by atoms with E-state index in [-0.39, 0.29) is 0 Å². The van der Waals surface area contributed by atoms with Crippen LogP contribution in [0.25, 0.3) is 82.5 Å². The number of hydrogen-bond donors (Lipinski definition) is 0. The Morgan fingerprint density at radius 1 is 0.216 bits per heavy atom. The Bertz CT molecular complexity index is 4860. The molecule has 0 radical (unpaired) electrons. The Kier molecular flexibility index (Phi) is 10.2. The lowest BCUT2D eigenvalue weighted by atomic mass is 10.0. The smallest absolute Gasteiger partial charge is 0.194 e. The van der Waals surface area contributed by atoms with Gasteiger partial charge >= 0.3 is 0 Å². The van der Waals surface area contributed by atoms with Gasteiger partial charge in [-0.2, -0.15) is 0 Å². The minimum Gasteiger partial charge on any atom is -0.310 e. The third-order valence-electron chi connectivity index (χ3n) is 19.4. The predicted octanol–water partition coefficient (Wildman–Crippen LogP) is 18.6. The molecule has 0 unspecified atom stereocenters. The quantitative estimate of drug-likeness (QED) is 0.149. The molecule has 3 aliphatic heterocycles. The number of fused-ring (bicyclic) bond motifs is 9. The van der Waals surface area contributed by atoms with Crippen LogP contribution in [0, 0.1) is 20.8 Å². The maximum atomic E-state index is 2.66. The average Bonchev–Trinajstić information content (AvgIpc) is 0.965. The van der Waals surface area contributed by atoms with E-state index in [0.29, 0.717) is 0 Å². The molecule has 0 N–H and O–H groups in total. The molecule has 3 aliphatic rings. The summed E-state index contributed by atoms with van der Waals surface area (Å²) in [5.74, 6) is 0. The molecule has 19 rings (SSSR count). The molecule has 414 valence electrons. The second-order valence-electron chi connectivity index (χ2n) is 24.3. The van der Waals surface area contributed by atoms with E-state index in [0.717, 1.165) is 34.1 Å². The van der Waals surface area contributed by atoms with Crippen LogP contribution in [0.3, 0.4) is 0 Å². The molecular weight excluding hydrogens is 1090 g/mol. The van der Waals surface area contributed by atoms with Crippen LogP contribution in [0.15, 0.2) is 285 Å². The van der Waals surface area contributed by atoms with Crippen molar-refractivity contribution in [1.82, 2.24) is 13.7 Å². The highest BCUT2D eigenvalue weighted by Crippen LogP contribution is 2.56. The third kappa shape index (κ3) is 6.60. The van der Waals surface area contributed by atoms with Crippen molar-refractivity contribution >= 4 is 145 Å². The van der Waals surface area contributed by atoms with Gasteiger partial charge in [-0.1, -0.05) is 193 Å². The summed E-state index contributed by atoms with van der Waals surface area (Å²) < 4.78 is 7.59. The normalized spacial score (nSPS) is 13.6. The molecular formula is C81H56N6Si. The fourth-order valence-corrected chi connectivity index (χ4v) is 21.5. The number of aromatic nitrogens is 3. The Hall–Kier alpha value is -11.1. The Morgan fingerprint density at radius 3 is 0.670 bits per heavy atom. The summed E-state index contributed by atoms with van der Waals surface area (Å²) in [7, 11) is -3.58. The maximum Gasteiger partial charge on any atom is 0.194 e. The number of hydrogen-bond acceptors (Lipinski definition) is 3. The van der Waals surface area contributed by atoms with Crippen molar-refractivity contribution in [3.63, 3.8) is 0 Å². The molecule has 0 saturated carbocycles. The number of rotatable bonds is 7. The predicted molar refractivity (Wildman–Crippen MR) is 372 cm³/mol. The maximum absolute atomic E-state index is 3.58. The van der Waals surface area contributed by atoms with Gasteiger partial charge in [0.25, 0.3) is 0 Å². The number of para-hydroxylation sites is 6. The summed E-state index contributed by atoms with van der Waals surface area (Å²) in [5, 5.41) is 12.8. The van der Waals surface area contributed by atoms with Crippen LogP contribution < -0.4 is 35.4 Å². The van der Waals surface area contributed by atoms with Gasteiger partial charge in [-0.3, -0.25) is 0 Å². The molecule has 0 aliphatic carbocycles. The van der Waals surface area contributed by atoms with Crippen LogP contribution in [0.2, 0.25) is 0 Å². The van der Waals surface area contributed by atoms with Gasteiger partial charge in [-0.05, 0) is 135 Å². The van der Waals surface area contributed by atoms with Crippen molar-refractivity contribution < 1.29 is 0 Å². The van der Waals surface area contributed by atoms with Gasteiger partial charge in [-0.25, -0.2) is 0 Å². The number of aryl methyl sites for hydroxylation is 3. The van der Waals surface area contributed by atoms with Crippen LogP contribution in [0.5, 0.6) is 0 Å². The van der Waals surface area contributed by atoms with E-state index in [9.17, 15) is 0 Å². The lowest BCUT2D eigenvalue weighted by molar-refractivity contribution is 1.13. The first-order valence-corrected chi connectivity index (χ1v) is 32.6. The van der Waals surface area contributed by atoms with E-state index in [1.807, 2.05) is 0 Å². The topological polar surface area (TPSA) is 24.5 Å². The molecule has 6 heterocycles. The zero-order chi connectivity index (χ0) is 58.1. The van der Waals surface area contributed by atoms with E-state index in [1.165, 1.54) is 137 Å². The van der Waals surface area contributed by atoms with E-state index >= 15 is 0 Å². The summed E-state index contributed by atoms with van der Waals surface area (Å²) in [5.41, 5.74) is 24.3. The largest absolute Gasteiger partial charge is 0.310 e. The van der Waals surface area contributed by atoms with Gasteiger partial charge in [0, 0.05) is 64.9 Å². The Morgan fingerprint density at radius 2 is 0.432 bits per heavy atom. The molecule has 6 nitrogen and oxygen atoms in total. The van der Waals surface area contributed by atoms with Crippen LogP contribution in [-0.4, -0.2) is 21.8 Å². The van der Waals surface area contributed by atoms with E-state index in [4.69, 9.17) is 0 Å². The molecule has 0 amide bonds. The summed E-state index contributed by atoms with van der Waals surface area (Å²) in [6.45, 7) is 6.61. The van der Waals surface area contributed by atoms with E-state index in [2.05, 4.69) is 334 Å². The van der Waals surface area contributed by atoms with E-state index < -0.39 is 8.07 Å². The highest BCUT2D eigenvalue weighted by molar-refractivity contribution is 7.24. The molecule has 13 aromatic carbocycles. The van der Waals surface area contributed by atoms with Gasteiger partial charge in [0.2, 0.25) is 0 Å². The van der Waals surface area contributed by atoms with Crippen molar-refractivity contribution in [2.75, 3.05) is 14.7 Å². The van der Waals surface area contributed by atoms with Crippen LogP contribution in [0.1, 0.15) is 16.7 Å². The molecule has 0 bridgehead atoms. The van der Waals surface area contributed by atoms with Crippen molar-refractivity contribution in [1.29, 1.82) is 0 Å². The van der Waals surface area contributed by atoms with Crippen molar-refractivity contribution in [3.8, 4) is 17.1 Å². The van der Waals surface area contributed by atoms with Crippen LogP contribution >= 0.6 is 0 Å². The zero-order valence-corrected chi connectivity index (χ0v) is 49.8. The first-order valence-electron chi connectivity index (χ1n) is 30.6. The summed E-state index contributed by atoms with van der Waals surface area (Å²) in [6, 6.07) is 109. The lowest BCUT2D eigenvalue weighted by Gasteiger charge is -2.55. The van der Waals surface area contributed by atoms with Gasteiger partial charge in [0.15, 0.2) is 8.07 Å². The van der Waals surface area contributed by atoms with Crippen LogP contribution in [-0.2, 0) is 0 Å². The van der Waals surface area contributed by atoms with Crippen molar-refractivity contribution in [3.05, 3.63) is 302 Å². The first-order chi connectivity index (χ1) is 43.4. The molecule has 16 aromatic rings. The Labute approximate surface area is 510 Å². The van der Waals surface area contributed by atoms with Gasteiger partial charge in [0.1, 0.15) is 0 Å². The van der Waals surface area contributed by atoms with Gasteiger partial charge in [0.05, 0.1) is 84.3 Å². The molecule has 0 fully saturated rings. The fourth-order valence-electron chi connectivity index (χ4n) is 15.8. The second-order valence-corrected chi connectivity index (χ2v) is 27.9. The monoisotopic (exact) mass is 1140 g/mol. The fraction of sp³-hybridized carbons (Fsp3) is 0.0370. The number of benzene rings is 13. The van der Waals surface area contributed by atoms with Gasteiger partial charge < -0.3 is 28.4 Å². The highest BCUT2D eigenvalue weighted by atomic mass is 28.3. The SMILES string of the molecule is Cc1ccc(N2c3cc(-n4c5ccccc5c5ccccc54)cc4c3[Si]3(c5ccccc5)c5c2cc(-n2c6ccccc6c6ccccc62)cc5N(c2ccc(C)cc2)c2cc(-n5c6ccccc6c6ccccc65)cc(c23)N4c2ccc(C)cc2)cc1. The minimum absolute atomic E-state index is 1.10. The van der Waals surface area contributed by atoms with E-state index in [1.54, 1.807) is 0 Å². The third-order valence-corrected chi connectivity index (χ3v) is 24.4. The van der Waals surface area contributed by atoms with Crippen molar-refractivity contribution in [2.45, 2.75) is 20.8 Å². The number of anilines is 9. The minimum atomic E-state index is -3.58. The molecule has 0 atom stereocenters. The van der Waals surface area contributed by atoms with Crippen LogP contribution in [0.4, 0.5) is 51.2 Å². The van der Waals surface area contributed by atoms with Gasteiger partial charge in [-0.15, -0.1) is 0 Å². The van der Waals surface area contributed by atoms with Crippen molar-refractivity contribution in [2.24, 2.45) is 0 Å². The first kappa shape index (κ1) is 49.2. The molecule has 0 saturated heterocycles. The molecule has 88 heavy (non-hydrogen) atoms.